The van der Waals surface area contributed by atoms with Gasteiger partial charge in [0.05, 0.1) is 21.3 Å². The average molecular weight is 378 g/mol. The second-order valence-corrected chi connectivity index (χ2v) is 7.60. The van der Waals surface area contributed by atoms with Crippen molar-refractivity contribution in [2.75, 3.05) is 11.6 Å². The minimum absolute atomic E-state index is 0.0645. The molecule has 128 valence electrons. The van der Waals surface area contributed by atoms with Crippen LogP contribution < -0.4 is 5.32 Å². The second kappa shape index (κ2) is 6.61. The van der Waals surface area contributed by atoms with E-state index in [2.05, 4.69) is 20.8 Å². The molecule has 0 saturated heterocycles. The van der Waals surface area contributed by atoms with E-state index in [0.717, 1.165) is 6.26 Å². The molecule has 0 fully saturated rings. The molecule has 0 unspecified atom stereocenters. The first-order chi connectivity index (χ1) is 11.8. The monoisotopic (exact) mass is 377 g/mol. The maximum Gasteiger partial charge on any atom is 0.255 e. The Hall–Kier alpha value is -2.78. The molecule has 0 aliphatic heterocycles. The van der Waals surface area contributed by atoms with Crippen molar-refractivity contribution in [1.29, 1.82) is 0 Å². The van der Waals surface area contributed by atoms with Gasteiger partial charge in [0.1, 0.15) is 6.33 Å². The maximum atomic E-state index is 12.5. The lowest BCUT2D eigenvalue weighted by atomic mass is 10.2. The van der Waals surface area contributed by atoms with E-state index in [1.54, 1.807) is 24.3 Å². The summed E-state index contributed by atoms with van der Waals surface area (Å²) < 4.78 is 24.7. The molecule has 0 aliphatic carbocycles. The summed E-state index contributed by atoms with van der Waals surface area (Å²) in [6.07, 6.45) is 2.49. The maximum absolute atomic E-state index is 12.5. The SMILES string of the molecule is CS(=O)(=O)c1ccc(Cl)c(NC(=O)c2cccc(-n3cnnn3)c2)c1. The van der Waals surface area contributed by atoms with E-state index in [0.29, 0.717) is 11.3 Å². The van der Waals surface area contributed by atoms with Crippen LogP contribution in [0.2, 0.25) is 5.02 Å². The molecule has 3 aromatic rings. The zero-order valence-corrected chi connectivity index (χ0v) is 14.5. The molecule has 0 spiro atoms. The van der Waals surface area contributed by atoms with Crippen molar-refractivity contribution >= 4 is 33.0 Å². The van der Waals surface area contributed by atoms with Crippen LogP contribution in [0, 0.1) is 0 Å². The van der Waals surface area contributed by atoms with Gasteiger partial charge < -0.3 is 5.32 Å². The Morgan fingerprint density at radius 1 is 1.20 bits per heavy atom. The van der Waals surface area contributed by atoms with Crippen LogP contribution in [-0.2, 0) is 9.84 Å². The summed E-state index contributed by atoms with van der Waals surface area (Å²) in [6, 6.07) is 10.7. The summed E-state index contributed by atoms with van der Waals surface area (Å²) in [5, 5.41) is 13.7. The fourth-order valence-electron chi connectivity index (χ4n) is 2.09. The fourth-order valence-corrected chi connectivity index (χ4v) is 2.91. The quantitative estimate of drug-likeness (QED) is 0.744. The third kappa shape index (κ3) is 3.83. The molecule has 0 aliphatic rings. The Kier molecular flexibility index (Phi) is 4.51. The molecule has 1 aromatic heterocycles. The normalized spacial score (nSPS) is 11.3. The number of halogens is 1. The number of hydrogen-bond donors (Lipinski definition) is 1. The van der Waals surface area contributed by atoms with E-state index in [9.17, 15) is 13.2 Å². The van der Waals surface area contributed by atoms with Crippen molar-refractivity contribution in [2.45, 2.75) is 4.90 Å². The van der Waals surface area contributed by atoms with Crippen molar-refractivity contribution in [3.63, 3.8) is 0 Å². The number of amides is 1. The van der Waals surface area contributed by atoms with Crippen LogP contribution in [0.1, 0.15) is 10.4 Å². The van der Waals surface area contributed by atoms with Gasteiger partial charge in [-0.2, -0.15) is 0 Å². The first-order valence-electron chi connectivity index (χ1n) is 6.99. The van der Waals surface area contributed by atoms with Crippen LogP contribution >= 0.6 is 11.6 Å². The van der Waals surface area contributed by atoms with Crippen LogP contribution in [0.15, 0.2) is 53.7 Å². The number of tetrazole rings is 1. The Morgan fingerprint density at radius 2 is 2.00 bits per heavy atom. The Morgan fingerprint density at radius 3 is 2.68 bits per heavy atom. The molecular weight excluding hydrogens is 366 g/mol. The molecule has 0 atom stereocenters. The second-order valence-electron chi connectivity index (χ2n) is 5.17. The highest BCUT2D eigenvalue weighted by Gasteiger charge is 2.14. The number of rotatable bonds is 4. The minimum atomic E-state index is -3.41. The third-order valence-electron chi connectivity index (χ3n) is 3.34. The molecular formula is C15H12ClN5O3S. The molecule has 8 nitrogen and oxygen atoms in total. The lowest BCUT2D eigenvalue weighted by Crippen LogP contribution is -2.13. The van der Waals surface area contributed by atoms with Crippen LogP contribution in [0.4, 0.5) is 5.69 Å². The molecule has 1 amide bonds. The molecule has 3 rings (SSSR count). The van der Waals surface area contributed by atoms with Gasteiger partial charge in [0.2, 0.25) is 0 Å². The standard InChI is InChI=1S/C15H12ClN5O3S/c1-25(23,24)12-5-6-13(16)14(8-12)18-15(22)10-3-2-4-11(7-10)21-9-17-19-20-21/h2-9H,1H3,(H,18,22). The molecule has 0 saturated carbocycles. The number of sulfone groups is 1. The van der Waals surface area contributed by atoms with E-state index in [-0.39, 0.29) is 15.6 Å². The third-order valence-corrected chi connectivity index (χ3v) is 4.78. The van der Waals surface area contributed by atoms with Gasteiger partial charge in [0.25, 0.3) is 5.91 Å². The van der Waals surface area contributed by atoms with Crippen LogP contribution in [0.3, 0.4) is 0 Å². The molecule has 1 heterocycles. The predicted molar refractivity (Wildman–Crippen MR) is 91.7 cm³/mol. The zero-order chi connectivity index (χ0) is 18.0. The topological polar surface area (TPSA) is 107 Å². The van der Waals surface area contributed by atoms with Gasteiger partial charge in [0.15, 0.2) is 9.84 Å². The number of nitrogens with one attached hydrogen (secondary N) is 1. The highest BCUT2D eigenvalue weighted by Crippen LogP contribution is 2.26. The van der Waals surface area contributed by atoms with Gasteiger partial charge in [-0.3, -0.25) is 4.79 Å². The van der Waals surface area contributed by atoms with Gasteiger partial charge in [0, 0.05) is 11.8 Å². The van der Waals surface area contributed by atoms with E-state index >= 15 is 0 Å². The number of hydrogen-bond acceptors (Lipinski definition) is 6. The zero-order valence-electron chi connectivity index (χ0n) is 12.9. The Bertz CT molecular complexity index is 1040. The number of benzene rings is 2. The first-order valence-corrected chi connectivity index (χ1v) is 9.26. The lowest BCUT2D eigenvalue weighted by Gasteiger charge is -2.10. The summed E-state index contributed by atoms with van der Waals surface area (Å²) in [7, 11) is -3.41. The average Bonchev–Trinajstić information content (AvgIpc) is 3.10. The Labute approximate surface area is 148 Å². The molecule has 25 heavy (non-hydrogen) atoms. The van der Waals surface area contributed by atoms with Crippen LogP contribution in [0.25, 0.3) is 5.69 Å². The summed E-state index contributed by atoms with van der Waals surface area (Å²) in [6.45, 7) is 0. The van der Waals surface area contributed by atoms with Crippen molar-refractivity contribution < 1.29 is 13.2 Å². The van der Waals surface area contributed by atoms with E-state index in [4.69, 9.17) is 11.6 Å². The number of nitrogens with zero attached hydrogens (tertiary/aromatic N) is 4. The van der Waals surface area contributed by atoms with Crippen molar-refractivity contribution in [3.8, 4) is 5.69 Å². The van der Waals surface area contributed by atoms with Gasteiger partial charge in [-0.1, -0.05) is 17.7 Å². The number of aromatic nitrogens is 4. The smallest absolute Gasteiger partial charge is 0.255 e. The lowest BCUT2D eigenvalue weighted by molar-refractivity contribution is 0.102. The van der Waals surface area contributed by atoms with Crippen molar-refractivity contribution in [3.05, 3.63) is 59.4 Å². The summed E-state index contributed by atoms with van der Waals surface area (Å²) >= 11 is 6.05. The van der Waals surface area contributed by atoms with Crippen LogP contribution in [-0.4, -0.2) is 40.8 Å². The highest BCUT2D eigenvalue weighted by atomic mass is 35.5. The molecule has 2 aromatic carbocycles. The van der Waals surface area contributed by atoms with E-state index in [1.165, 1.54) is 29.2 Å². The van der Waals surface area contributed by atoms with Gasteiger partial charge in [-0.25, -0.2) is 13.1 Å². The largest absolute Gasteiger partial charge is 0.321 e. The summed E-state index contributed by atoms with van der Waals surface area (Å²) in [4.78, 5) is 12.5. The van der Waals surface area contributed by atoms with Crippen molar-refractivity contribution in [2.24, 2.45) is 0 Å². The number of carbonyl (C=O) groups excluding carboxylic acids is 1. The molecule has 0 bridgehead atoms. The van der Waals surface area contributed by atoms with Gasteiger partial charge >= 0.3 is 0 Å². The van der Waals surface area contributed by atoms with E-state index in [1.807, 2.05) is 0 Å². The minimum Gasteiger partial charge on any atom is -0.321 e. The molecule has 0 radical (unpaired) electrons. The number of carbonyl (C=O) groups is 1. The predicted octanol–water partition coefficient (Wildman–Crippen LogP) is 1.97. The Balaban J connectivity index is 1.89. The summed E-state index contributed by atoms with van der Waals surface area (Å²) in [5.41, 5.74) is 1.16. The first kappa shape index (κ1) is 17.1. The van der Waals surface area contributed by atoms with Gasteiger partial charge in [-0.15, -0.1) is 5.10 Å². The summed E-state index contributed by atoms with van der Waals surface area (Å²) in [5.74, 6) is -0.442. The highest BCUT2D eigenvalue weighted by molar-refractivity contribution is 7.90. The fraction of sp³-hybridized carbons (Fsp3) is 0.0667. The van der Waals surface area contributed by atoms with Crippen molar-refractivity contribution in [1.82, 2.24) is 20.2 Å². The molecule has 10 heteroatoms. The molecule has 1 N–H and O–H groups in total. The van der Waals surface area contributed by atoms with Gasteiger partial charge in [-0.05, 0) is 46.8 Å². The number of anilines is 1. The van der Waals surface area contributed by atoms with Crippen LogP contribution in [0.5, 0.6) is 0 Å². The van der Waals surface area contributed by atoms with E-state index < -0.39 is 15.7 Å².